The second-order valence-corrected chi connectivity index (χ2v) is 4.31. The smallest absolute Gasteiger partial charge is 0.330 e. The summed E-state index contributed by atoms with van der Waals surface area (Å²) in [5, 5.41) is 0. The van der Waals surface area contributed by atoms with Gasteiger partial charge in [0.15, 0.2) is 6.23 Å². The van der Waals surface area contributed by atoms with Crippen LogP contribution in [0.2, 0.25) is 0 Å². The molecule has 2 heterocycles. The number of methoxy groups -OCH3 is 1. The van der Waals surface area contributed by atoms with E-state index < -0.39 is 36.1 Å². The third-order valence-electron chi connectivity index (χ3n) is 3.24. The molecule has 1 aromatic rings. The van der Waals surface area contributed by atoms with Gasteiger partial charge in [-0.05, 0) is 6.37 Å². The molecule has 0 bridgehead atoms. The number of hydrogen-bond acceptors (Lipinski definition) is 4. The minimum atomic E-state index is -1.56. The lowest BCUT2D eigenvalue weighted by Gasteiger charge is -2.20. The summed E-state index contributed by atoms with van der Waals surface area (Å²) in [6.07, 6.45) is -2.16. The summed E-state index contributed by atoms with van der Waals surface area (Å²) in [7, 11) is 1.49. The maximum atomic E-state index is 11.8. The summed E-state index contributed by atoms with van der Waals surface area (Å²) in [5.74, 6) is -0.233. The van der Waals surface area contributed by atoms with E-state index >= 15 is 0 Å². The van der Waals surface area contributed by atoms with Gasteiger partial charge in [0.05, 0.1) is 6.10 Å². The van der Waals surface area contributed by atoms with E-state index in [1.165, 1.54) is 30.9 Å². The molecule has 2 rings (SSSR count). The van der Waals surface area contributed by atoms with Gasteiger partial charge < -0.3 is 9.47 Å². The van der Waals surface area contributed by atoms with Crippen LogP contribution >= 0.6 is 0 Å². The Bertz CT molecular complexity index is 592. The van der Waals surface area contributed by atoms with Gasteiger partial charge in [-0.2, -0.15) is 0 Å². The first-order valence-corrected chi connectivity index (χ1v) is 5.75. The Balaban J connectivity index is 2.41. The number of H-pyrrole nitrogens is 1. The maximum Gasteiger partial charge on any atom is 0.330 e. The van der Waals surface area contributed by atoms with Crippen LogP contribution in [-0.2, 0) is 9.47 Å². The van der Waals surface area contributed by atoms with Gasteiger partial charge in [0, 0.05) is 28.0 Å². The molecule has 1 aliphatic heterocycles. The predicted octanol–water partition coefficient (Wildman–Crippen LogP) is 0.495. The van der Waals surface area contributed by atoms with Crippen molar-refractivity contribution in [3.8, 4) is 0 Å². The number of nitrogens with zero attached hydrogens (tertiary/aromatic N) is 1. The van der Waals surface area contributed by atoms with E-state index in [0.29, 0.717) is 0 Å². The molecule has 0 spiro atoms. The SMILES string of the molecule is [2H]C([2H])(C)[C@H]1O[C@@H](n2ccc(=O)[nH]c2=O)[C@H](OC)[C@@H]1C. The molecule has 1 N–H and O–H groups in total. The van der Waals surface area contributed by atoms with E-state index in [1.54, 1.807) is 0 Å². The summed E-state index contributed by atoms with van der Waals surface area (Å²) in [6.45, 7) is 3.25. The van der Waals surface area contributed by atoms with Crippen molar-refractivity contribution < 1.29 is 12.2 Å². The van der Waals surface area contributed by atoms with E-state index in [-0.39, 0.29) is 5.92 Å². The highest BCUT2D eigenvalue weighted by atomic mass is 16.6. The number of aromatic nitrogens is 2. The molecule has 1 aliphatic rings. The molecule has 1 aromatic heterocycles. The van der Waals surface area contributed by atoms with Gasteiger partial charge in [-0.25, -0.2) is 4.79 Å². The zero-order chi connectivity index (χ0) is 15.1. The summed E-state index contributed by atoms with van der Waals surface area (Å²) in [4.78, 5) is 25.1. The van der Waals surface area contributed by atoms with Crippen molar-refractivity contribution in [3.63, 3.8) is 0 Å². The van der Waals surface area contributed by atoms with Gasteiger partial charge >= 0.3 is 5.69 Å². The Hall–Kier alpha value is -1.40. The molecule has 0 amide bonds. The Morgan fingerprint density at radius 1 is 1.61 bits per heavy atom. The second kappa shape index (κ2) is 5.07. The largest absolute Gasteiger partial charge is 0.376 e. The minimum Gasteiger partial charge on any atom is -0.376 e. The Labute approximate surface area is 107 Å². The molecule has 100 valence electrons. The summed E-state index contributed by atoms with van der Waals surface area (Å²) >= 11 is 0. The van der Waals surface area contributed by atoms with Crippen LogP contribution in [0.15, 0.2) is 21.9 Å². The number of nitrogens with one attached hydrogen (secondary N) is 1. The number of aromatic amines is 1. The zero-order valence-electron chi connectivity index (χ0n) is 12.5. The molecule has 0 aliphatic carbocycles. The molecule has 0 unspecified atom stereocenters. The van der Waals surface area contributed by atoms with Crippen LogP contribution in [0.1, 0.15) is 29.2 Å². The highest BCUT2D eigenvalue weighted by Gasteiger charge is 2.42. The molecule has 6 nitrogen and oxygen atoms in total. The highest BCUT2D eigenvalue weighted by molar-refractivity contribution is 4.91. The lowest BCUT2D eigenvalue weighted by Crippen LogP contribution is -2.36. The van der Waals surface area contributed by atoms with E-state index in [4.69, 9.17) is 12.2 Å². The summed E-state index contributed by atoms with van der Waals surface area (Å²) < 4.78 is 27.9. The first-order chi connectivity index (χ1) is 9.25. The molecular weight excluding hydrogens is 236 g/mol. The number of rotatable bonds is 3. The summed E-state index contributed by atoms with van der Waals surface area (Å²) in [5.41, 5.74) is -1.09. The van der Waals surface area contributed by atoms with Gasteiger partial charge in [0.1, 0.15) is 6.10 Å². The normalized spacial score (nSPS) is 34.2. The molecule has 4 atom stereocenters. The summed E-state index contributed by atoms with van der Waals surface area (Å²) in [6, 6.07) is 1.22. The fourth-order valence-electron chi connectivity index (χ4n) is 2.30. The van der Waals surface area contributed by atoms with E-state index in [1.807, 2.05) is 6.92 Å². The van der Waals surface area contributed by atoms with E-state index in [0.717, 1.165) is 0 Å². The second-order valence-electron chi connectivity index (χ2n) is 4.31. The number of ether oxygens (including phenoxy) is 2. The van der Waals surface area contributed by atoms with Gasteiger partial charge in [0.25, 0.3) is 5.56 Å². The van der Waals surface area contributed by atoms with Crippen LogP contribution in [0.5, 0.6) is 0 Å². The highest BCUT2D eigenvalue weighted by Crippen LogP contribution is 2.35. The molecule has 6 heteroatoms. The molecular formula is C12H18N2O4. The van der Waals surface area contributed by atoms with Gasteiger partial charge in [-0.1, -0.05) is 13.8 Å². The van der Waals surface area contributed by atoms with Crippen molar-refractivity contribution >= 4 is 0 Å². The predicted molar refractivity (Wildman–Crippen MR) is 65.5 cm³/mol. The van der Waals surface area contributed by atoms with Crippen molar-refractivity contribution in [1.82, 2.24) is 9.55 Å². The lowest BCUT2D eigenvalue weighted by molar-refractivity contribution is -0.0530. The average molecular weight is 256 g/mol. The van der Waals surface area contributed by atoms with E-state index in [2.05, 4.69) is 4.98 Å². The lowest BCUT2D eigenvalue weighted by atomic mass is 9.98. The molecule has 0 saturated carbocycles. The fourth-order valence-corrected chi connectivity index (χ4v) is 2.30. The van der Waals surface area contributed by atoms with E-state index in [9.17, 15) is 9.59 Å². The van der Waals surface area contributed by atoms with Crippen LogP contribution in [0.25, 0.3) is 0 Å². The van der Waals surface area contributed by atoms with Crippen LogP contribution in [-0.4, -0.2) is 28.9 Å². The fraction of sp³-hybridized carbons (Fsp3) is 0.667. The quantitative estimate of drug-likeness (QED) is 0.854. The monoisotopic (exact) mass is 256 g/mol. The Kier molecular flexibility index (Phi) is 2.96. The number of hydrogen-bond donors (Lipinski definition) is 1. The van der Waals surface area contributed by atoms with Crippen LogP contribution in [0.4, 0.5) is 0 Å². The van der Waals surface area contributed by atoms with Crippen LogP contribution < -0.4 is 11.2 Å². The van der Waals surface area contributed by atoms with Crippen molar-refractivity contribution in [2.45, 2.75) is 38.7 Å². The third kappa shape index (κ3) is 2.13. The molecule has 0 radical (unpaired) electrons. The molecule has 18 heavy (non-hydrogen) atoms. The maximum absolute atomic E-state index is 11.8. The first-order valence-electron chi connectivity index (χ1n) is 6.75. The van der Waals surface area contributed by atoms with Gasteiger partial charge in [0.2, 0.25) is 0 Å². The van der Waals surface area contributed by atoms with Crippen LogP contribution in [0.3, 0.4) is 0 Å². The minimum absolute atomic E-state index is 0.233. The Morgan fingerprint density at radius 3 is 2.89 bits per heavy atom. The van der Waals surface area contributed by atoms with Crippen LogP contribution in [0, 0.1) is 5.92 Å². The van der Waals surface area contributed by atoms with Crippen molar-refractivity contribution in [2.75, 3.05) is 7.11 Å². The average Bonchev–Trinajstić information content (AvgIpc) is 2.65. The standard InChI is InChI=1S/C12H18N2O4/c1-4-8-7(2)10(17-3)11(18-8)14-6-5-9(15)13-12(14)16/h5-8,10-11H,4H2,1-3H3,(H,13,15,16)/t7-,8-,10-,11-/m1/s1/i4D2. The zero-order valence-corrected chi connectivity index (χ0v) is 10.5. The van der Waals surface area contributed by atoms with Gasteiger partial charge in [-0.15, -0.1) is 0 Å². The third-order valence-corrected chi connectivity index (χ3v) is 3.24. The molecule has 1 saturated heterocycles. The Morgan fingerprint density at radius 2 is 2.33 bits per heavy atom. The topological polar surface area (TPSA) is 73.3 Å². The first kappa shape index (κ1) is 10.5. The van der Waals surface area contributed by atoms with Crippen molar-refractivity contribution in [3.05, 3.63) is 33.1 Å². The molecule has 0 aromatic carbocycles. The molecule has 1 fully saturated rings. The van der Waals surface area contributed by atoms with Crippen molar-refractivity contribution in [2.24, 2.45) is 5.92 Å². The van der Waals surface area contributed by atoms with Gasteiger partial charge in [-0.3, -0.25) is 14.3 Å². The van der Waals surface area contributed by atoms with Crippen molar-refractivity contribution in [1.29, 1.82) is 0 Å².